The number of hydrogen-bond donors (Lipinski definition) is 0. The molecule has 0 aromatic carbocycles. The van der Waals surface area contributed by atoms with E-state index in [1.54, 1.807) is 0 Å². The predicted molar refractivity (Wildman–Crippen MR) is 44.8 cm³/mol. The Labute approximate surface area is 68.2 Å². The normalized spacial score (nSPS) is 9.90. The van der Waals surface area contributed by atoms with Gasteiger partial charge in [0.2, 0.25) is 0 Å². The van der Waals surface area contributed by atoms with Crippen LogP contribution in [0.2, 0.25) is 5.79 Å². The van der Waals surface area contributed by atoms with Crippen LogP contribution in [-0.4, -0.2) is 24.2 Å². The number of aromatic nitrogens is 2. The number of rotatable bonds is 2. The third kappa shape index (κ3) is 1.26. The SMILES string of the molecule is CCc1cn[n]([AlH][CH3])c1C. The topological polar surface area (TPSA) is 17.8 Å². The molecule has 3 heteroatoms. The minimum Gasteiger partial charge on any atom is -0.367 e. The zero-order valence-electron chi connectivity index (χ0n) is 6.89. The van der Waals surface area contributed by atoms with Gasteiger partial charge in [-0.3, -0.25) is 0 Å². The van der Waals surface area contributed by atoms with Gasteiger partial charge >= 0.3 is 15.4 Å². The summed E-state index contributed by atoms with van der Waals surface area (Å²) in [7, 11) is 0. The summed E-state index contributed by atoms with van der Waals surface area (Å²) < 4.78 is 2.17. The van der Waals surface area contributed by atoms with Crippen LogP contribution < -0.4 is 0 Å². The van der Waals surface area contributed by atoms with E-state index >= 15 is 0 Å². The molecule has 0 saturated carbocycles. The summed E-state index contributed by atoms with van der Waals surface area (Å²) in [4.78, 5) is 0. The minimum absolute atomic E-state index is 0.121. The second-order valence-electron chi connectivity index (χ2n) is 2.42. The van der Waals surface area contributed by atoms with Gasteiger partial charge in [-0.1, -0.05) is 12.7 Å². The lowest BCUT2D eigenvalue weighted by Crippen LogP contribution is -2.05. The first-order valence-electron chi connectivity index (χ1n) is 3.80. The van der Waals surface area contributed by atoms with Gasteiger partial charge in [-0.2, -0.15) is 0 Å². The van der Waals surface area contributed by atoms with E-state index in [1.165, 1.54) is 11.3 Å². The fourth-order valence-electron chi connectivity index (χ4n) is 1.15. The fourth-order valence-corrected chi connectivity index (χ4v) is 2.07. The number of nitrogens with zero attached hydrogens (tertiary/aromatic N) is 2. The van der Waals surface area contributed by atoms with Crippen molar-refractivity contribution < 1.29 is 0 Å². The molecule has 0 bridgehead atoms. The van der Waals surface area contributed by atoms with E-state index in [0.717, 1.165) is 6.42 Å². The fraction of sp³-hybridized carbons (Fsp3) is 0.571. The first-order chi connectivity index (χ1) is 4.79. The van der Waals surface area contributed by atoms with E-state index in [4.69, 9.17) is 0 Å². The zero-order valence-corrected chi connectivity index (χ0v) is 8.30. The Kier molecular flexibility index (Phi) is 2.53. The molecule has 1 heterocycles. The molecule has 1 aromatic rings. The monoisotopic (exact) mass is 152 g/mol. The van der Waals surface area contributed by atoms with Crippen LogP contribution in [0.5, 0.6) is 0 Å². The van der Waals surface area contributed by atoms with E-state index in [-0.39, 0.29) is 15.4 Å². The van der Waals surface area contributed by atoms with E-state index in [1.807, 2.05) is 6.20 Å². The van der Waals surface area contributed by atoms with Crippen LogP contribution in [-0.2, 0) is 6.42 Å². The molecule has 2 nitrogen and oxygen atoms in total. The van der Waals surface area contributed by atoms with Crippen molar-refractivity contribution in [3.05, 3.63) is 17.5 Å². The lowest BCUT2D eigenvalue weighted by Gasteiger charge is -1.98. The highest BCUT2D eigenvalue weighted by Crippen LogP contribution is 2.05. The van der Waals surface area contributed by atoms with Gasteiger partial charge in [0.15, 0.2) is 0 Å². The summed E-state index contributed by atoms with van der Waals surface area (Å²) in [5.74, 6) is 2.25. The molecule has 1 aromatic heterocycles. The molecule has 0 fully saturated rings. The lowest BCUT2D eigenvalue weighted by molar-refractivity contribution is 0.933. The van der Waals surface area contributed by atoms with Crippen molar-refractivity contribution in [1.82, 2.24) is 8.76 Å². The van der Waals surface area contributed by atoms with Crippen molar-refractivity contribution in [1.29, 1.82) is 0 Å². The maximum atomic E-state index is 4.28. The van der Waals surface area contributed by atoms with Crippen molar-refractivity contribution in [2.75, 3.05) is 0 Å². The van der Waals surface area contributed by atoms with Crippen molar-refractivity contribution in [2.45, 2.75) is 26.1 Å². The Bertz CT molecular complexity index is 196. The Morgan fingerprint density at radius 1 is 1.70 bits per heavy atom. The quantitative estimate of drug-likeness (QED) is 0.578. The molecule has 0 aliphatic carbocycles. The predicted octanol–water partition coefficient (Wildman–Crippen LogP) is 1.00. The molecule has 0 N–H and O–H groups in total. The first-order valence-corrected chi connectivity index (χ1v) is 5.85. The smallest absolute Gasteiger partial charge is 0.367 e. The van der Waals surface area contributed by atoms with Crippen LogP contribution in [0.3, 0.4) is 0 Å². The van der Waals surface area contributed by atoms with Crippen molar-refractivity contribution in [2.24, 2.45) is 0 Å². The molecular formula is C7H13AlN2. The third-order valence-corrected chi connectivity index (χ3v) is 3.12. The second-order valence-corrected chi connectivity index (χ2v) is 3.66. The maximum Gasteiger partial charge on any atom is 0.417 e. The molecule has 54 valence electrons. The zero-order chi connectivity index (χ0) is 7.56. The van der Waals surface area contributed by atoms with Gasteiger partial charge in [-0.25, -0.2) is 5.10 Å². The van der Waals surface area contributed by atoms with Crippen LogP contribution in [0, 0.1) is 6.92 Å². The van der Waals surface area contributed by atoms with Gasteiger partial charge in [-0.05, 0) is 18.9 Å². The average molecular weight is 152 g/mol. The molecule has 0 saturated heterocycles. The maximum absolute atomic E-state index is 4.28. The van der Waals surface area contributed by atoms with E-state index < -0.39 is 0 Å². The Morgan fingerprint density at radius 2 is 2.40 bits per heavy atom. The van der Waals surface area contributed by atoms with Crippen LogP contribution >= 0.6 is 0 Å². The summed E-state index contributed by atoms with van der Waals surface area (Å²) >= 11 is -0.121. The van der Waals surface area contributed by atoms with Gasteiger partial charge in [-0.15, -0.1) is 0 Å². The molecule has 0 atom stereocenters. The molecular weight excluding hydrogens is 139 g/mol. The number of hydrogen-bond acceptors (Lipinski definition) is 1. The Morgan fingerprint density at radius 3 is 2.70 bits per heavy atom. The van der Waals surface area contributed by atoms with Crippen molar-refractivity contribution >= 4 is 15.4 Å². The summed E-state index contributed by atoms with van der Waals surface area (Å²) in [6.07, 6.45) is 3.10. The Hall–Kier alpha value is -0.258. The third-order valence-electron chi connectivity index (χ3n) is 1.89. The van der Waals surface area contributed by atoms with Crippen molar-refractivity contribution in [3.63, 3.8) is 0 Å². The largest absolute Gasteiger partial charge is 0.417 e. The molecule has 1 rings (SSSR count). The minimum atomic E-state index is -0.121. The number of aryl methyl sites for hydroxylation is 1. The van der Waals surface area contributed by atoms with Crippen molar-refractivity contribution in [3.8, 4) is 0 Å². The standard InChI is InChI=1S/C6H9N2.CH3.Al.H/c1-3-6-4-7-8-5(6)2;;;/h4H,3H2,1-2H3;1H3;;/q-1;;+1;. The molecule has 0 aliphatic heterocycles. The first kappa shape index (κ1) is 7.85. The summed E-state index contributed by atoms with van der Waals surface area (Å²) in [5.41, 5.74) is 2.77. The van der Waals surface area contributed by atoms with Gasteiger partial charge in [0.25, 0.3) is 0 Å². The van der Waals surface area contributed by atoms with Crippen LogP contribution in [0.15, 0.2) is 6.20 Å². The van der Waals surface area contributed by atoms with Gasteiger partial charge < -0.3 is 3.67 Å². The van der Waals surface area contributed by atoms with Crippen LogP contribution in [0.1, 0.15) is 18.2 Å². The highest BCUT2D eigenvalue weighted by atomic mass is 27.1. The summed E-state index contributed by atoms with van der Waals surface area (Å²) in [5, 5.41) is 4.28. The second kappa shape index (κ2) is 3.23. The Balaban J connectivity index is 2.97. The average Bonchev–Trinajstić information content (AvgIpc) is 2.30. The van der Waals surface area contributed by atoms with Gasteiger partial charge in [0.1, 0.15) is 0 Å². The summed E-state index contributed by atoms with van der Waals surface area (Å²) in [6.45, 7) is 4.33. The summed E-state index contributed by atoms with van der Waals surface area (Å²) in [6, 6.07) is 0. The van der Waals surface area contributed by atoms with E-state index in [9.17, 15) is 0 Å². The molecule has 0 radical (unpaired) electrons. The van der Waals surface area contributed by atoms with Gasteiger partial charge in [0, 0.05) is 11.9 Å². The van der Waals surface area contributed by atoms with Crippen LogP contribution in [0.25, 0.3) is 0 Å². The van der Waals surface area contributed by atoms with Gasteiger partial charge in [0.05, 0.1) is 0 Å². The van der Waals surface area contributed by atoms with E-state index in [0.29, 0.717) is 0 Å². The van der Waals surface area contributed by atoms with Crippen LogP contribution in [0.4, 0.5) is 0 Å². The van der Waals surface area contributed by atoms with E-state index in [2.05, 4.69) is 28.4 Å². The molecule has 0 aliphatic rings. The molecule has 10 heavy (non-hydrogen) atoms. The molecule has 0 unspecified atom stereocenters. The lowest BCUT2D eigenvalue weighted by atomic mass is 10.2. The molecule has 0 spiro atoms. The molecule has 0 amide bonds. The highest BCUT2D eigenvalue weighted by molar-refractivity contribution is 6.31. The highest BCUT2D eigenvalue weighted by Gasteiger charge is 2.01.